The summed E-state index contributed by atoms with van der Waals surface area (Å²) in [6.07, 6.45) is 8.01. The Bertz CT molecular complexity index is 545. The molecular weight excluding hydrogens is 234 g/mol. The molecule has 0 aliphatic rings. The Labute approximate surface area is 114 Å². The predicted molar refractivity (Wildman–Crippen MR) is 76.7 cm³/mol. The van der Waals surface area contributed by atoms with Crippen LogP contribution in [0.1, 0.15) is 43.7 Å². The minimum Gasteiger partial charge on any atom is -0.464 e. The Hall–Kier alpha value is -2.01. The first kappa shape index (κ1) is 13.4. The normalized spacial score (nSPS) is 10.3. The molecule has 0 N–H and O–H groups in total. The number of rotatable bonds is 6. The fraction of sp³-hybridized carbons (Fsp3) is 0.353. The monoisotopic (exact) mass is 253 g/mol. The number of nitriles is 1. The van der Waals surface area contributed by atoms with Gasteiger partial charge >= 0.3 is 0 Å². The molecule has 1 aromatic heterocycles. The van der Waals surface area contributed by atoms with Crippen molar-refractivity contribution in [1.82, 2.24) is 0 Å². The lowest BCUT2D eigenvalue weighted by atomic mass is 10.1. The molecule has 1 aromatic carbocycles. The Balaban J connectivity index is 1.98. The van der Waals surface area contributed by atoms with Crippen LogP contribution in [0.25, 0.3) is 11.3 Å². The van der Waals surface area contributed by atoms with Gasteiger partial charge in [0.25, 0.3) is 0 Å². The number of unbranched alkanes of at least 4 members (excludes halogenated alkanes) is 3. The van der Waals surface area contributed by atoms with Crippen LogP contribution in [0.2, 0.25) is 0 Å². The number of furan rings is 1. The van der Waals surface area contributed by atoms with Crippen LogP contribution in [-0.2, 0) is 6.42 Å². The van der Waals surface area contributed by atoms with E-state index in [-0.39, 0.29) is 0 Å². The Morgan fingerprint density at radius 2 is 1.89 bits per heavy atom. The molecule has 2 heteroatoms. The third-order valence-corrected chi connectivity index (χ3v) is 3.27. The summed E-state index contributed by atoms with van der Waals surface area (Å²) in [5.74, 6) is 0.884. The molecule has 0 saturated carbocycles. The van der Waals surface area contributed by atoms with Gasteiger partial charge in [0.2, 0.25) is 0 Å². The zero-order chi connectivity index (χ0) is 13.5. The Morgan fingerprint density at radius 1 is 1.11 bits per heavy atom. The molecule has 2 aromatic rings. The molecule has 0 atom stereocenters. The largest absolute Gasteiger partial charge is 0.464 e. The van der Waals surface area contributed by atoms with Crippen LogP contribution in [0.5, 0.6) is 0 Å². The van der Waals surface area contributed by atoms with Crippen molar-refractivity contribution in [2.24, 2.45) is 0 Å². The summed E-state index contributed by atoms with van der Waals surface area (Å²) in [6.45, 7) is 2.22. The van der Waals surface area contributed by atoms with Gasteiger partial charge in [0, 0.05) is 5.56 Å². The molecule has 19 heavy (non-hydrogen) atoms. The van der Waals surface area contributed by atoms with E-state index in [0.29, 0.717) is 5.56 Å². The molecule has 0 spiro atoms. The Kier molecular flexibility index (Phi) is 4.80. The molecule has 98 valence electrons. The molecule has 2 nitrogen and oxygen atoms in total. The van der Waals surface area contributed by atoms with Gasteiger partial charge in [0.05, 0.1) is 17.9 Å². The van der Waals surface area contributed by atoms with E-state index in [1.807, 2.05) is 30.5 Å². The highest BCUT2D eigenvalue weighted by Gasteiger charge is 2.04. The van der Waals surface area contributed by atoms with Gasteiger partial charge in [-0.3, -0.25) is 0 Å². The van der Waals surface area contributed by atoms with E-state index in [2.05, 4.69) is 19.1 Å². The summed E-state index contributed by atoms with van der Waals surface area (Å²) in [4.78, 5) is 0. The molecule has 0 aliphatic carbocycles. The first-order valence-corrected chi connectivity index (χ1v) is 6.91. The van der Waals surface area contributed by atoms with Crippen molar-refractivity contribution in [3.63, 3.8) is 0 Å². The van der Waals surface area contributed by atoms with E-state index in [0.717, 1.165) is 17.7 Å². The molecule has 0 amide bonds. The van der Waals surface area contributed by atoms with Gasteiger partial charge in [-0.1, -0.05) is 26.2 Å². The van der Waals surface area contributed by atoms with Crippen LogP contribution in [0, 0.1) is 11.3 Å². The van der Waals surface area contributed by atoms with E-state index < -0.39 is 0 Å². The van der Waals surface area contributed by atoms with E-state index in [4.69, 9.17) is 9.68 Å². The SMILES string of the molecule is CCCCCCc1coc(-c2ccc(C#N)cc2)c1. The third kappa shape index (κ3) is 3.72. The van der Waals surface area contributed by atoms with Crippen molar-refractivity contribution in [3.05, 3.63) is 47.7 Å². The number of hydrogen-bond acceptors (Lipinski definition) is 2. The lowest BCUT2D eigenvalue weighted by Gasteiger charge is -1.96. The Morgan fingerprint density at radius 3 is 2.58 bits per heavy atom. The molecule has 0 radical (unpaired) electrons. The minimum absolute atomic E-state index is 0.676. The van der Waals surface area contributed by atoms with Crippen LogP contribution in [0.3, 0.4) is 0 Å². The van der Waals surface area contributed by atoms with Crippen molar-refractivity contribution in [2.45, 2.75) is 39.0 Å². The number of hydrogen-bond donors (Lipinski definition) is 0. The van der Waals surface area contributed by atoms with Crippen molar-refractivity contribution in [1.29, 1.82) is 5.26 Å². The van der Waals surface area contributed by atoms with Gasteiger partial charge in [-0.05, 0) is 48.7 Å². The summed E-state index contributed by atoms with van der Waals surface area (Å²) in [7, 11) is 0. The van der Waals surface area contributed by atoms with Crippen LogP contribution < -0.4 is 0 Å². The second-order valence-electron chi connectivity index (χ2n) is 4.82. The smallest absolute Gasteiger partial charge is 0.134 e. The standard InChI is InChI=1S/C17H19NO/c1-2-3-4-5-6-15-11-17(19-13-15)16-9-7-14(12-18)8-10-16/h7-11,13H,2-6H2,1H3. The molecule has 0 unspecified atom stereocenters. The third-order valence-electron chi connectivity index (χ3n) is 3.27. The minimum atomic E-state index is 0.676. The second-order valence-corrected chi connectivity index (χ2v) is 4.82. The molecule has 2 rings (SSSR count). The molecular formula is C17H19NO. The van der Waals surface area contributed by atoms with Gasteiger partial charge in [-0.2, -0.15) is 5.26 Å². The average Bonchev–Trinajstić information content (AvgIpc) is 2.92. The first-order valence-electron chi connectivity index (χ1n) is 6.91. The number of nitrogens with zero attached hydrogens (tertiary/aromatic N) is 1. The molecule has 0 bridgehead atoms. The maximum atomic E-state index is 8.77. The molecule has 0 fully saturated rings. The predicted octanol–water partition coefficient (Wildman–Crippen LogP) is 4.94. The number of benzene rings is 1. The van der Waals surface area contributed by atoms with Crippen LogP contribution in [0.4, 0.5) is 0 Å². The maximum absolute atomic E-state index is 8.77. The van der Waals surface area contributed by atoms with Gasteiger partial charge in [0.15, 0.2) is 0 Å². The number of aryl methyl sites for hydroxylation is 1. The van der Waals surface area contributed by atoms with Crippen LogP contribution >= 0.6 is 0 Å². The van der Waals surface area contributed by atoms with E-state index in [1.54, 1.807) is 0 Å². The van der Waals surface area contributed by atoms with Crippen LogP contribution in [-0.4, -0.2) is 0 Å². The highest BCUT2D eigenvalue weighted by molar-refractivity contribution is 5.59. The summed E-state index contributed by atoms with van der Waals surface area (Å²) >= 11 is 0. The lowest BCUT2D eigenvalue weighted by molar-refractivity contribution is 0.575. The van der Waals surface area contributed by atoms with Gasteiger partial charge < -0.3 is 4.42 Å². The fourth-order valence-corrected chi connectivity index (χ4v) is 2.12. The summed E-state index contributed by atoms with van der Waals surface area (Å²) in [5, 5.41) is 8.77. The van der Waals surface area contributed by atoms with Crippen molar-refractivity contribution in [3.8, 4) is 17.4 Å². The summed E-state index contributed by atoms with van der Waals surface area (Å²) in [6, 6.07) is 11.7. The highest BCUT2D eigenvalue weighted by Crippen LogP contribution is 2.23. The highest BCUT2D eigenvalue weighted by atomic mass is 16.3. The van der Waals surface area contributed by atoms with E-state index in [9.17, 15) is 0 Å². The zero-order valence-electron chi connectivity index (χ0n) is 11.4. The van der Waals surface area contributed by atoms with Gasteiger partial charge in [0.1, 0.15) is 5.76 Å². The van der Waals surface area contributed by atoms with Gasteiger partial charge in [-0.25, -0.2) is 0 Å². The van der Waals surface area contributed by atoms with Crippen molar-refractivity contribution in [2.75, 3.05) is 0 Å². The molecule has 0 aliphatic heterocycles. The maximum Gasteiger partial charge on any atom is 0.134 e. The average molecular weight is 253 g/mol. The molecule has 1 heterocycles. The quantitative estimate of drug-likeness (QED) is 0.683. The first-order chi connectivity index (χ1) is 9.33. The lowest BCUT2D eigenvalue weighted by Crippen LogP contribution is -1.82. The van der Waals surface area contributed by atoms with E-state index in [1.165, 1.54) is 31.2 Å². The topological polar surface area (TPSA) is 36.9 Å². The summed E-state index contributed by atoms with van der Waals surface area (Å²) in [5.41, 5.74) is 2.96. The van der Waals surface area contributed by atoms with Gasteiger partial charge in [-0.15, -0.1) is 0 Å². The zero-order valence-corrected chi connectivity index (χ0v) is 11.4. The molecule has 0 saturated heterocycles. The second kappa shape index (κ2) is 6.80. The van der Waals surface area contributed by atoms with Crippen molar-refractivity contribution < 1.29 is 4.42 Å². The van der Waals surface area contributed by atoms with Crippen LogP contribution in [0.15, 0.2) is 41.0 Å². The summed E-state index contributed by atoms with van der Waals surface area (Å²) < 4.78 is 5.60. The fourth-order valence-electron chi connectivity index (χ4n) is 2.12. The van der Waals surface area contributed by atoms with Crippen molar-refractivity contribution >= 4 is 0 Å². The van der Waals surface area contributed by atoms with E-state index >= 15 is 0 Å².